The molecule has 1 fully saturated rings. The van der Waals surface area contributed by atoms with E-state index in [1.807, 2.05) is 0 Å². The number of aliphatic hydroxyl groups is 2. The van der Waals surface area contributed by atoms with Gasteiger partial charge in [0.15, 0.2) is 0 Å². The molecule has 3 unspecified atom stereocenters. The second-order valence-electron chi connectivity index (χ2n) is 3.22. The summed E-state index contributed by atoms with van der Waals surface area (Å²) in [6.45, 7) is 1.63. The van der Waals surface area contributed by atoms with Crippen LogP contribution in [0.5, 0.6) is 0 Å². The van der Waals surface area contributed by atoms with Crippen molar-refractivity contribution in [2.24, 2.45) is 0 Å². The van der Waals surface area contributed by atoms with Crippen LogP contribution in [0.15, 0.2) is 0 Å². The minimum atomic E-state index is -0.622. The van der Waals surface area contributed by atoms with Gasteiger partial charge in [0.25, 0.3) is 0 Å². The Morgan fingerprint density at radius 2 is 2.38 bits per heavy atom. The molecule has 1 rings (SSSR count). The zero-order chi connectivity index (χ0) is 9.84. The first-order chi connectivity index (χ1) is 6.13. The van der Waals surface area contributed by atoms with Crippen LogP contribution in [0.2, 0.25) is 0 Å². The Kier molecular flexibility index (Phi) is 3.65. The van der Waals surface area contributed by atoms with Gasteiger partial charge in [-0.05, 0) is 0 Å². The van der Waals surface area contributed by atoms with Crippen LogP contribution in [0.1, 0.15) is 13.3 Å². The summed E-state index contributed by atoms with van der Waals surface area (Å²) in [7, 11) is 0. The highest BCUT2D eigenvalue weighted by atomic mass is 16.5. The fourth-order valence-electron chi connectivity index (χ4n) is 1.37. The lowest BCUT2D eigenvalue weighted by Gasteiger charge is -2.11. The third-order valence-electron chi connectivity index (χ3n) is 2.06. The molecular formula is C8H15NO4. The summed E-state index contributed by atoms with van der Waals surface area (Å²) in [5, 5.41) is 20.7. The Hall–Kier alpha value is -0.650. The van der Waals surface area contributed by atoms with E-state index >= 15 is 0 Å². The molecule has 5 heteroatoms. The van der Waals surface area contributed by atoms with Gasteiger partial charge in [-0.2, -0.15) is 0 Å². The summed E-state index contributed by atoms with van der Waals surface area (Å²) >= 11 is 0. The molecule has 13 heavy (non-hydrogen) atoms. The molecule has 0 aromatic rings. The van der Waals surface area contributed by atoms with Gasteiger partial charge in [-0.25, -0.2) is 0 Å². The predicted octanol–water partition coefficient (Wildman–Crippen LogP) is -1.37. The number of rotatable bonds is 3. The monoisotopic (exact) mass is 189 g/mol. The van der Waals surface area contributed by atoms with Gasteiger partial charge in [0, 0.05) is 19.9 Å². The molecule has 0 spiro atoms. The Bertz CT molecular complexity index is 185. The molecule has 0 aliphatic carbocycles. The van der Waals surface area contributed by atoms with Crippen LogP contribution in [0.4, 0.5) is 0 Å². The number of ether oxygens (including phenoxy) is 1. The lowest BCUT2D eigenvalue weighted by molar-refractivity contribution is -0.119. The summed E-state index contributed by atoms with van der Waals surface area (Å²) < 4.78 is 5.26. The average Bonchev–Trinajstić information content (AvgIpc) is 2.43. The van der Waals surface area contributed by atoms with E-state index in [9.17, 15) is 9.90 Å². The van der Waals surface area contributed by atoms with E-state index in [1.165, 1.54) is 6.92 Å². The molecule has 76 valence electrons. The molecule has 1 aliphatic heterocycles. The summed E-state index contributed by atoms with van der Waals surface area (Å²) in [6.07, 6.45) is -0.843. The molecule has 0 aromatic heterocycles. The fourth-order valence-corrected chi connectivity index (χ4v) is 1.37. The number of amides is 1. The van der Waals surface area contributed by atoms with E-state index in [0.29, 0.717) is 13.0 Å². The quantitative estimate of drug-likeness (QED) is 0.512. The van der Waals surface area contributed by atoms with Gasteiger partial charge < -0.3 is 20.3 Å². The third kappa shape index (κ3) is 2.95. The van der Waals surface area contributed by atoms with Crippen molar-refractivity contribution in [3.05, 3.63) is 0 Å². The van der Waals surface area contributed by atoms with Gasteiger partial charge in [-0.15, -0.1) is 0 Å². The van der Waals surface area contributed by atoms with Crippen molar-refractivity contribution >= 4 is 5.91 Å². The normalized spacial score (nSPS) is 33.3. The average molecular weight is 189 g/mol. The van der Waals surface area contributed by atoms with Gasteiger partial charge in [-0.3, -0.25) is 4.79 Å². The van der Waals surface area contributed by atoms with Crippen molar-refractivity contribution in [2.75, 3.05) is 13.2 Å². The maximum absolute atomic E-state index is 10.6. The van der Waals surface area contributed by atoms with Gasteiger partial charge in [0.05, 0.1) is 18.8 Å². The first kappa shape index (κ1) is 10.4. The number of nitrogens with one attached hydrogen (secondary N) is 1. The minimum Gasteiger partial charge on any atom is -0.394 e. The molecule has 1 saturated heterocycles. The van der Waals surface area contributed by atoms with Gasteiger partial charge in [0.1, 0.15) is 6.10 Å². The Morgan fingerprint density at radius 1 is 1.69 bits per heavy atom. The molecule has 3 atom stereocenters. The molecule has 0 bridgehead atoms. The highest BCUT2D eigenvalue weighted by Crippen LogP contribution is 2.19. The van der Waals surface area contributed by atoms with Crippen molar-refractivity contribution in [1.29, 1.82) is 0 Å². The van der Waals surface area contributed by atoms with E-state index in [0.717, 1.165) is 0 Å². The highest BCUT2D eigenvalue weighted by molar-refractivity contribution is 5.72. The smallest absolute Gasteiger partial charge is 0.216 e. The van der Waals surface area contributed by atoms with Crippen LogP contribution in [0.25, 0.3) is 0 Å². The molecule has 5 nitrogen and oxygen atoms in total. The van der Waals surface area contributed by atoms with E-state index in [2.05, 4.69) is 5.32 Å². The topological polar surface area (TPSA) is 78.8 Å². The number of hydrogen-bond acceptors (Lipinski definition) is 4. The summed E-state index contributed by atoms with van der Waals surface area (Å²) in [5.74, 6) is -0.120. The highest BCUT2D eigenvalue weighted by Gasteiger charge is 2.32. The third-order valence-corrected chi connectivity index (χ3v) is 2.06. The van der Waals surface area contributed by atoms with E-state index in [1.54, 1.807) is 0 Å². The van der Waals surface area contributed by atoms with Crippen molar-refractivity contribution in [2.45, 2.75) is 31.7 Å². The zero-order valence-corrected chi connectivity index (χ0v) is 7.56. The SMILES string of the molecule is CC(=O)NCC1CC(O)C(CO)O1. The molecule has 1 amide bonds. The van der Waals surface area contributed by atoms with Gasteiger partial charge in [0.2, 0.25) is 5.91 Å². The molecular weight excluding hydrogens is 174 g/mol. The zero-order valence-electron chi connectivity index (χ0n) is 7.56. The van der Waals surface area contributed by atoms with Gasteiger partial charge >= 0.3 is 0 Å². The second-order valence-corrected chi connectivity index (χ2v) is 3.22. The Morgan fingerprint density at radius 3 is 2.85 bits per heavy atom. The maximum atomic E-state index is 10.6. The first-order valence-electron chi connectivity index (χ1n) is 4.32. The van der Waals surface area contributed by atoms with Gasteiger partial charge in [-0.1, -0.05) is 0 Å². The standard InChI is InChI=1S/C8H15NO4/c1-5(11)9-3-6-2-7(12)8(4-10)13-6/h6-8,10,12H,2-4H2,1H3,(H,9,11). The van der Waals surface area contributed by atoms with Crippen molar-refractivity contribution in [3.63, 3.8) is 0 Å². The number of carbonyl (C=O) groups is 1. The first-order valence-corrected chi connectivity index (χ1v) is 4.32. The van der Waals surface area contributed by atoms with Crippen LogP contribution in [-0.4, -0.2) is 47.6 Å². The Balaban J connectivity index is 2.27. The van der Waals surface area contributed by atoms with Crippen LogP contribution in [0, 0.1) is 0 Å². The lowest BCUT2D eigenvalue weighted by atomic mass is 10.1. The van der Waals surface area contributed by atoms with Crippen LogP contribution >= 0.6 is 0 Å². The van der Waals surface area contributed by atoms with Crippen molar-refractivity contribution in [3.8, 4) is 0 Å². The minimum absolute atomic E-state index is 0.120. The molecule has 3 N–H and O–H groups in total. The van der Waals surface area contributed by atoms with Crippen LogP contribution in [-0.2, 0) is 9.53 Å². The second kappa shape index (κ2) is 4.55. The van der Waals surface area contributed by atoms with Crippen LogP contribution in [0.3, 0.4) is 0 Å². The van der Waals surface area contributed by atoms with Crippen molar-refractivity contribution in [1.82, 2.24) is 5.32 Å². The molecule has 0 saturated carbocycles. The Labute approximate surface area is 76.7 Å². The fraction of sp³-hybridized carbons (Fsp3) is 0.875. The molecule has 1 aliphatic rings. The van der Waals surface area contributed by atoms with E-state index in [-0.39, 0.29) is 18.6 Å². The summed E-state index contributed by atoms with van der Waals surface area (Å²) in [6, 6.07) is 0. The number of carbonyl (C=O) groups excluding carboxylic acids is 1. The molecule has 1 heterocycles. The van der Waals surface area contributed by atoms with E-state index in [4.69, 9.17) is 9.84 Å². The van der Waals surface area contributed by atoms with E-state index < -0.39 is 12.2 Å². The number of hydrogen-bond donors (Lipinski definition) is 3. The summed E-state index contributed by atoms with van der Waals surface area (Å²) in [5.41, 5.74) is 0. The molecule has 0 radical (unpaired) electrons. The number of aliphatic hydroxyl groups excluding tert-OH is 2. The predicted molar refractivity (Wildman–Crippen MR) is 45.1 cm³/mol. The van der Waals surface area contributed by atoms with Crippen molar-refractivity contribution < 1.29 is 19.7 Å². The largest absolute Gasteiger partial charge is 0.394 e. The lowest BCUT2D eigenvalue weighted by Crippen LogP contribution is -2.30. The maximum Gasteiger partial charge on any atom is 0.216 e. The summed E-state index contributed by atoms with van der Waals surface area (Å²) in [4.78, 5) is 10.6. The van der Waals surface area contributed by atoms with Crippen LogP contribution < -0.4 is 5.32 Å². The molecule has 0 aromatic carbocycles.